The molecule has 0 fully saturated rings. The number of benzene rings is 2. The van der Waals surface area contributed by atoms with Crippen molar-refractivity contribution in [3.05, 3.63) is 86.7 Å². The molecule has 25 heavy (non-hydrogen) atoms. The number of rotatable bonds is 2. The van der Waals surface area contributed by atoms with Gasteiger partial charge in [0, 0.05) is 5.52 Å². The van der Waals surface area contributed by atoms with Gasteiger partial charge in [0.2, 0.25) is 0 Å². The van der Waals surface area contributed by atoms with Crippen LogP contribution < -0.4 is 11.1 Å². The van der Waals surface area contributed by atoms with Crippen molar-refractivity contribution in [2.24, 2.45) is 5.10 Å². The number of fused-ring (bicyclic) bond motifs is 2. The average molecular weight is 330 g/mol. The molecule has 0 aliphatic carbocycles. The van der Waals surface area contributed by atoms with E-state index in [2.05, 4.69) is 15.1 Å². The van der Waals surface area contributed by atoms with Crippen molar-refractivity contribution in [1.82, 2.24) is 14.6 Å². The lowest BCUT2D eigenvalue weighted by Crippen LogP contribution is -2.21. The van der Waals surface area contributed by atoms with Gasteiger partial charge in [-0.15, -0.1) is 0 Å². The number of aromatic nitrogens is 3. The van der Waals surface area contributed by atoms with E-state index in [4.69, 9.17) is 0 Å². The maximum Gasteiger partial charge on any atom is 0.282 e. The lowest BCUT2D eigenvalue weighted by atomic mass is 10.2. The molecular formula is C19H14N4O2. The average Bonchev–Trinajstić information content (AvgIpc) is 2.61. The monoisotopic (exact) mass is 330 g/mol. The Bertz CT molecular complexity index is 1250. The Hall–Kier alpha value is -3.54. The number of para-hydroxylation sites is 2. The molecule has 4 aromatic rings. The van der Waals surface area contributed by atoms with E-state index >= 15 is 0 Å². The van der Waals surface area contributed by atoms with Gasteiger partial charge in [-0.3, -0.25) is 9.59 Å². The Morgan fingerprint density at radius 3 is 2.72 bits per heavy atom. The van der Waals surface area contributed by atoms with Crippen LogP contribution in [0, 0.1) is 6.92 Å². The van der Waals surface area contributed by atoms with Gasteiger partial charge in [-0.05, 0) is 36.6 Å². The third-order valence-electron chi connectivity index (χ3n) is 4.01. The maximum absolute atomic E-state index is 12.6. The second kappa shape index (κ2) is 5.83. The van der Waals surface area contributed by atoms with Crippen molar-refractivity contribution in [3.63, 3.8) is 0 Å². The van der Waals surface area contributed by atoms with Crippen molar-refractivity contribution < 1.29 is 0 Å². The molecule has 0 saturated heterocycles. The molecule has 6 nitrogen and oxygen atoms in total. The summed E-state index contributed by atoms with van der Waals surface area (Å²) in [6.07, 6.45) is 1.39. The largest absolute Gasteiger partial charge is 0.321 e. The molecule has 4 rings (SSSR count). The Morgan fingerprint density at radius 2 is 1.84 bits per heavy atom. The van der Waals surface area contributed by atoms with E-state index < -0.39 is 0 Å². The van der Waals surface area contributed by atoms with Crippen molar-refractivity contribution in [1.29, 1.82) is 0 Å². The highest BCUT2D eigenvalue weighted by Crippen LogP contribution is 2.10. The molecule has 0 aliphatic rings. The zero-order valence-electron chi connectivity index (χ0n) is 13.4. The first-order valence-electron chi connectivity index (χ1n) is 7.78. The fraction of sp³-hybridized carbons (Fsp3) is 0.0526. The molecule has 0 atom stereocenters. The molecule has 0 radical (unpaired) electrons. The van der Waals surface area contributed by atoms with E-state index in [9.17, 15) is 9.59 Å². The predicted molar refractivity (Wildman–Crippen MR) is 98.3 cm³/mol. The number of hydrogen-bond donors (Lipinski definition) is 1. The number of aryl methyl sites for hydroxylation is 1. The predicted octanol–water partition coefficient (Wildman–Crippen LogP) is 2.43. The molecular weight excluding hydrogens is 316 g/mol. The van der Waals surface area contributed by atoms with Crippen LogP contribution in [0.3, 0.4) is 0 Å². The van der Waals surface area contributed by atoms with E-state index in [1.54, 1.807) is 31.2 Å². The minimum absolute atomic E-state index is 0.262. The third-order valence-corrected chi connectivity index (χ3v) is 4.01. The highest BCUT2D eigenvalue weighted by atomic mass is 16.1. The van der Waals surface area contributed by atoms with Crippen LogP contribution in [0.1, 0.15) is 11.4 Å². The number of H-pyrrole nitrogens is 1. The SMILES string of the molecule is Cc1nc2ccccc2c(=O)n1/N=C/c1cc2ccccc2[nH]c1=O. The molecule has 0 spiro atoms. The van der Waals surface area contributed by atoms with Crippen LogP contribution in [0.15, 0.2) is 69.3 Å². The first-order chi connectivity index (χ1) is 12.1. The van der Waals surface area contributed by atoms with Crippen LogP contribution >= 0.6 is 0 Å². The summed E-state index contributed by atoms with van der Waals surface area (Å²) in [6, 6.07) is 16.3. The zero-order valence-corrected chi connectivity index (χ0v) is 13.4. The first-order valence-corrected chi connectivity index (χ1v) is 7.78. The van der Waals surface area contributed by atoms with Gasteiger partial charge in [0.05, 0.1) is 22.7 Å². The van der Waals surface area contributed by atoms with Crippen LogP contribution in [0.2, 0.25) is 0 Å². The maximum atomic E-state index is 12.6. The van der Waals surface area contributed by atoms with Crippen molar-refractivity contribution in [3.8, 4) is 0 Å². The Morgan fingerprint density at radius 1 is 1.08 bits per heavy atom. The molecule has 0 amide bonds. The van der Waals surface area contributed by atoms with E-state index in [0.717, 1.165) is 10.9 Å². The van der Waals surface area contributed by atoms with Crippen LogP contribution in [0.25, 0.3) is 21.8 Å². The Kier molecular flexibility index (Phi) is 3.50. The number of nitrogens with one attached hydrogen (secondary N) is 1. The fourth-order valence-corrected chi connectivity index (χ4v) is 2.75. The second-order valence-electron chi connectivity index (χ2n) is 5.68. The lowest BCUT2D eigenvalue weighted by Gasteiger charge is -2.05. The second-order valence-corrected chi connectivity index (χ2v) is 5.68. The normalized spacial score (nSPS) is 11.6. The number of nitrogens with zero attached hydrogens (tertiary/aromatic N) is 3. The zero-order chi connectivity index (χ0) is 17.4. The van der Waals surface area contributed by atoms with Gasteiger partial charge in [0.15, 0.2) is 0 Å². The quantitative estimate of drug-likeness (QED) is 0.573. The summed E-state index contributed by atoms with van der Waals surface area (Å²) in [5, 5.41) is 5.57. The lowest BCUT2D eigenvalue weighted by molar-refractivity contribution is 0.770. The van der Waals surface area contributed by atoms with E-state index in [0.29, 0.717) is 22.3 Å². The van der Waals surface area contributed by atoms with Crippen LogP contribution in [-0.2, 0) is 0 Å². The number of pyridine rings is 1. The highest BCUT2D eigenvalue weighted by molar-refractivity contribution is 5.87. The molecule has 0 bridgehead atoms. The summed E-state index contributed by atoms with van der Waals surface area (Å²) in [5.74, 6) is 0.456. The highest BCUT2D eigenvalue weighted by Gasteiger charge is 2.07. The van der Waals surface area contributed by atoms with Gasteiger partial charge < -0.3 is 4.98 Å². The summed E-state index contributed by atoms with van der Waals surface area (Å²) in [4.78, 5) is 32.0. The molecule has 2 heterocycles. The summed E-state index contributed by atoms with van der Waals surface area (Å²) >= 11 is 0. The van der Waals surface area contributed by atoms with Crippen LogP contribution in [-0.4, -0.2) is 20.9 Å². The van der Waals surface area contributed by atoms with E-state index in [-0.39, 0.29) is 11.1 Å². The van der Waals surface area contributed by atoms with Gasteiger partial charge in [0.25, 0.3) is 11.1 Å². The molecule has 1 N–H and O–H groups in total. The van der Waals surface area contributed by atoms with Gasteiger partial charge in [-0.25, -0.2) is 4.98 Å². The Balaban J connectivity index is 1.85. The summed E-state index contributed by atoms with van der Waals surface area (Å²) in [6.45, 7) is 1.70. The van der Waals surface area contributed by atoms with Gasteiger partial charge >= 0.3 is 0 Å². The van der Waals surface area contributed by atoms with Crippen LogP contribution in [0.5, 0.6) is 0 Å². The fourth-order valence-electron chi connectivity index (χ4n) is 2.75. The van der Waals surface area contributed by atoms with Crippen LogP contribution in [0.4, 0.5) is 0 Å². The van der Waals surface area contributed by atoms with Crippen molar-refractivity contribution in [2.45, 2.75) is 6.92 Å². The molecule has 2 aromatic heterocycles. The number of hydrogen-bond acceptors (Lipinski definition) is 4. The molecule has 0 aliphatic heterocycles. The standard InChI is InChI=1S/C19H14N4O2/c1-12-21-17-9-5-3-7-15(17)19(25)23(12)20-11-14-10-13-6-2-4-8-16(13)22-18(14)24/h2-11H,1H3,(H,22,24)/b20-11+. The Labute approximate surface area is 142 Å². The van der Waals surface area contributed by atoms with Gasteiger partial charge in [0.1, 0.15) is 5.82 Å². The smallest absolute Gasteiger partial charge is 0.282 e. The summed E-state index contributed by atoms with van der Waals surface area (Å²) in [7, 11) is 0. The van der Waals surface area contributed by atoms with Gasteiger partial charge in [-0.1, -0.05) is 30.3 Å². The van der Waals surface area contributed by atoms with E-state index in [1.165, 1.54) is 10.9 Å². The molecule has 6 heteroatoms. The minimum Gasteiger partial charge on any atom is -0.321 e. The molecule has 122 valence electrons. The van der Waals surface area contributed by atoms with E-state index in [1.807, 2.05) is 30.3 Å². The molecule has 0 unspecified atom stereocenters. The summed E-state index contributed by atoms with van der Waals surface area (Å²) < 4.78 is 1.21. The topological polar surface area (TPSA) is 80.1 Å². The summed E-state index contributed by atoms with van der Waals surface area (Å²) in [5.41, 5.74) is 1.22. The first kappa shape index (κ1) is 15.0. The minimum atomic E-state index is -0.267. The van der Waals surface area contributed by atoms with Crippen molar-refractivity contribution >= 4 is 28.0 Å². The third kappa shape index (κ3) is 2.63. The van der Waals surface area contributed by atoms with Gasteiger partial charge in [-0.2, -0.15) is 9.78 Å². The molecule has 2 aromatic carbocycles. The number of aromatic amines is 1. The molecule has 0 saturated carbocycles. The van der Waals surface area contributed by atoms with Crippen molar-refractivity contribution in [2.75, 3.05) is 0 Å².